The fraction of sp³-hybridized carbons (Fsp3) is 0.600. The van der Waals surface area contributed by atoms with Crippen molar-refractivity contribution >= 4 is 5.78 Å². The number of hydrogen-bond acceptors (Lipinski definition) is 3. The maximum atomic E-state index is 12.4. The molecule has 98 valence electrons. The third kappa shape index (κ3) is 2.96. The average molecular weight is 246 g/mol. The van der Waals surface area contributed by atoms with Crippen molar-refractivity contribution in [2.75, 3.05) is 20.1 Å². The molecule has 1 aliphatic heterocycles. The molecule has 0 radical (unpaired) electrons. The van der Waals surface area contributed by atoms with Crippen LogP contribution in [0.4, 0.5) is 0 Å². The molecule has 1 fully saturated rings. The van der Waals surface area contributed by atoms with Crippen LogP contribution in [0.15, 0.2) is 18.2 Å². The standard InChI is InChI=1S/C15H22N2O/c1-11(2)13-5-4-6-14(16-13)15(18)12-7-9-17(3)10-8-12/h4-6,11-12H,7-10H2,1-3H3. The first-order chi connectivity index (χ1) is 8.58. The van der Waals surface area contributed by atoms with Crippen molar-refractivity contribution in [1.82, 2.24) is 9.88 Å². The molecule has 0 bridgehead atoms. The molecule has 0 N–H and O–H groups in total. The quantitative estimate of drug-likeness (QED) is 0.769. The van der Waals surface area contributed by atoms with E-state index in [9.17, 15) is 4.79 Å². The number of aromatic nitrogens is 1. The van der Waals surface area contributed by atoms with E-state index < -0.39 is 0 Å². The summed E-state index contributed by atoms with van der Waals surface area (Å²) in [4.78, 5) is 19.2. The van der Waals surface area contributed by atoms with Crippen molar-refractivity contribution in [2.24, 2.45) is 5.92 Å². The van der Waals surface area contributed by atoms with Crippen molar-refractivity contribution < 1.29 is 4.79 Å². The predicted octanol–water partition coefficient (Wildman–Crippen LogP) is 2.73. The van der Waals surface area contributed by atoms with Crippen LogP contribution in [0.3, 0.4) is 0 Å². The van der Waals surface area contributed by atoms with E-state index in [-0.39, 0.29) is 11.7 Å². The van der Waals surface area contributed by atoms with E-state index in [0.29, 0.717) is 11.6 Å². The Labute approximate surface area is 109 Å². The van der Waals surface area contributed by atoms with Gasteiger partial charge in [-0.15, -0.1) is 0 Å². The molecule has 0 spiro atoms. The Kier molecular flexibility index (Phi) is 4.12. The number of pyridine rings is 1. The van der Waals surface area contributed by atoms with E-state index >= 15 is 0 Å². The summed E-state index contributed by atoms with van der Waals surface area (Å²) in [6, 6.07) is 5.80. The van der Waals surface area contributed by atoms with E-state index in [1.165, 1.54) is 0 Å². The zero-order valence-corrected chi connectivity index (χ0v) is 11.5. The zero-order chi connectivity index (χ0) is 13.1. The summed E-state index contributed by atoms with van der Waals surface area (Å²) in [5.41, 5.74) is 1.66. The summed E-state index contributed by atoms with van der Waals surface area (Å²) < 4.78 is 0. The number of ketones is 1. The summed E-state index contributed by atoms with van der Waals surface area (Å²) in [5, 5.41) is 0. The van der Waals surface area contributed by atoms with Crippen LogP contribution in [0.1, 0.15) is 48.8 Å². The molecule has 2 heterocycles. The first kappa shape index (κ1) is 13.2. The van der Waals surface area contributed by atoms with Crippen molar-refractivity contribution in [2.45, 2.75) is 32.6 Å². The number of nitrogens with zero attached hydrogens (tertiary/aromatic N) is 2. The Morgan fingerprint density at radius 2 is 2.00 bits per heavy atom. The normalized spacial score (nSPS) is 18.2. The largest absolute Gasteiger partial charge is 0.306 e. The number of hydrogen-bond donors (Lipinski definition) is 0. The second kappa shape index (κ2) is 5.61. The molecular weight excluding hydrogens is 224 g/mol. The second-order valence-corrected chi connectivity index (χ2v) is 5.54. The molecule has 3 nitrogen and oxygen atoms in total. The van der Waals surface area contributed by atoms with Gasteiger partial charge in [0.15, 0.2) is 5.78 Å². The van der Waals surface area contributed by atoms with E-state index in [2.05, 4.69) is 30.8 Å². The summed E-state index contributed by atoms with van der Waals surface area (Å²) in [7, 11) is 2.11. The Hall–Kier alpha value is -1.22. The van der Waals surface area contributed by atoms with Gasteiger partial charge in [-0.2, -0.15) is 0 Å². The third-order valence-corrected chi connectivity index (χ3v) is 3.70. The van der Waals surface area contributed by atoms with Gasteiger partial charge in [-0.25, -0.2) is 4.98 Å². The van der Waals surface area contributed by atoms with E-state index in [4.69, 9.17) is 0 Å². The fourth-order valence-electron chi connectivity index (χ4n) is 2.39. The van der Waals surface area contributed by atoms with Crippen molar-refractivity contribution in [3.63, 3.8) is 0 Å². The Morgan fingerprint density at radius 1 is 1.33 bits per heavy atom. The summed E-state index contributed by atoms with van der Waals surface area (Å²) >= 11 is 0. The van der Waals surface area contributed by atoms with Crippen LogP contribution < -0.4 is 0 Å². The predicted molar refractivity (Wildman–Crippen MR) is 72.9 cm³/mol. The number of Topliss-reactive ketones (excluding diaryl/α,β-unsaturated/α-hetero) is 1. The third-order valence-electron chi connectivity index (χ3n) is 3.70. The highest BCUT2D eigenvalue weighted by Gasteiger charge is 2.25. The topological polar surface area (TPSA) is 33.2 Å². The lowest BCUT2D eigenvalue weighted by molar-refractivity contribution is 0.0851. The van der Waals surface area contributed by atoms with Crippen LogP contribution in [0.5, 0.6) is 0 Å². The molecule has 1 aromatic rings. The van der Waals surface area contributed by atoms with Gasteiger partial charge >= 0.3 is 0 Å². The minimum Gasteiger partial charge on any atom is -0.306 e. The lowest BCUT2D eigenvalue weighted by atomic mass is 9.91. The number of likely N-dealkylation sites (tertiary alicyclic amines) is 1. The summed E-state index contributed by atoms with van der Waals surface area (Å²) in [6.07, 6.45) is 1.92. The Balaban J connectivity index is 2.11. The number of rotatable bonds is 3. The minimum atomic E-state index is 0.163. The van der Waals surface area contributed by atoms with Gasteiger partial charge < -0.3 is 4.90 Å². The maximum absolute atomic E-state index is 12.4. The molecule has 1 aromatic heterocycles. The highest BCUT2D eigenvalue weighted by Crippen LogP contribution is 2.21. The van der Waals surface area contributed by atoms with Crippen LogP contribution in [0.2, 0.25) is 0 Å². The van der Waals surface area contributed by atoms with Gasteiger partial charge in [0, 0.05) is 11.6 Å². The molecule has 1 aliphatic rings. The highest BCUT2D eigenvalue weighted by atomic mass is 16.1. The first-order valence-electron chi connectivity index (χ1n) is 6.77. The molecule has 2 rings (SSSR count). The lowest BCUT2D eigenvalue weighted by Gasteiger charge is -2.27. The van der Waals surface area contributed by atoms with Gasteiger partial charge in [0.05, 0.1) is 0 Å². The molecule has 0 amide bonds. The zero-order valence-electron chi connectivity index (χ0n) is 11.5. The molecule has 3 heteroatoms. The SMILES string of the molecule is CC(C)c1cccc(C(=O)C2CCN(C)CC2)n1. The molecule has 0 saturated carbocycles. The maximum Gasteiger partial charge on any atom is 0.184 e. The average Bonchev–Trinajstić information content (AvgIpc) is 2.39. The van der Waals surface area contributed by atoms with Crippen molar-refractivity contribution in [3.8, 4) is 0 Å². The van der Waals surface area contributed by atoms with Gasteiger partial charge in [0.1, 0.15) is 5.69 Å². The molecule has 0 atom stereocenters. The van der Waals surface area contributed by atoms with Gasteiger partial charge in [0.2, 0.25) is 0 Å². The second-order valence-electron chi connectivity index (χ2n) is 5.54. The molecular formula is C15H22N2O. The minimum absolute atomic E-state index is 0.163. The van der Waals surface area contributed by atoms with Crippen molar-refractivity contribution in [3.05, 3.63) is 29.6 Å². The Morgan fingerprint density at radius 3 is 2.61 bits per heavy atom. The molecule has 0 aromatic carbocycles. The highest BCUT2D eigenvalue weighted by molar-refractivity contribution is 5.96. The molecule has 0 aliphatic carbocycles. The van der Waals surface area contributed by atoms with Crippen molar-refractivity contribution in [1.29, 1.82) is 0 Å². The molecule has 1 saturated heterocycles. The summed E-state index contributed by atoms with van der Waals surface area (Å²) in [5.74, 6) is 0.761. The van der Waals surface area contributed by atoms with Crippen LogP contribution in [-0.2, 0) is 0 Å². The number of piperidine rings is 1. The van der Waals surface area contributed by atoms with E-state index in [0.717, 1.165) is 31.6 Å². The molecule has 18 heavy (non-hydrogen) atoms. The first-order valence-corrected chi connectivity index (χ1v) is 6.77. The van der Waals surface area contributed by atoms with E-state index in [1.54, 1.807) is 0 Å². The lowest BCUT2D eigenvalue weighted by Crippen LogP contribution is -2.33. The van der Waals surface area contributed by atoms with Gasteiger partial charge in [-0.1, -0.05) is 19.9 Å². The monoisotopic (exact) mass is 246 g/mol. The van der Waals surface area contributed by atoms with Crippen LogP contribution >= 0.6 is 0 Å². The van der Waals surface area contributed by atoms with E-state index in [1.807, 2.05) is 18.2 Å². The van der Waals surface area contributed by atoms with Crippen LogP contribution in [0.25, 0.3) is 0 Å². The molecule has 0 unspecified atom stereocenters. The van der Waals surface area contributed by atoms with Gasteiger partial charge in [-0.3, -0.25) is 4.79 Å². The van der Waals surface area contributed by atoms with Crippen LogP contribution in [-0.4, -0.2) is 35.8 Å². The van der Waals surface area contributed by atoms with Crippen LogP contribution in [0, 0.1) is 5.92 Å². The number of carbonyl (C=O) groups is 1. The fourth-order valence-corrected chi connectivity index (χ4v) is 2.39. The summed E-state index contributed by atoms with van der Waals surface area (Å²) in [6.45, 7) is 6.23. The smallest absolute Gasteiger partial charge is 0.184 e. The van der Waals surface area contributed by atoms with Gasteiger partial charge in [-0.05, 0) is 51.0 Å². The Bertz CT molecular complexity index is 420. The number of carbonyl (C=O) groups excluding carboxylic acids is 1. The van der Waals surface area contributed by atoms with Gasteiger partial charge in [0.25, 0.3) is 0 Å².